The van der Waals surface area contributed by atoms with Crippen molar-refractivity contribution in [1.82, 2.24) is 0 Å². The minimum absolute atomic E-state index is 0.179. The summed E-state index contributed by atoms with van der Waals surface area (Å²) in [5.74, 6) is -0.756. The highest BCUT2D eigenvalue weighted by Crippen LogP contribution is 2.36. The van der Waals surface area contributed by atoms with Crippen LogP contribution < -0.4 is 4.31 Å². The molecule has 108 valence electrons. The summed E-state index contributed by atoms with van der Waals surface area (Å²) in [6, 6.07) is 11.2. The maximum Gasteiger partial charge on any atom is 0.272 e. The van der Waals surface area contributed by atoms with E-state index in [1.807, 2.05) is 0 Å². The predicted octanol–water partition coefficient (Wildman–Crippen LogP) is 3.59. The highest BCUT2D eigenvalue weighted by Gasteiger charge is 2.38. The Morgan fingerprint density at radius 1 is 1.14 bits per heavy atom. The first-order valence-electron chi connectivity index (χ1n) is 6.00. The highest BCUT2D eigenvalue weighted by molar-refractivity contribution is 9.10. The number of sulfonamides is 1. The molecule has 2 aromatic carbocycles. The van der Waals surface area contributed by atoms with E-state index in [1.54, 1.807) is 30.3 Å². The quantitative estimate of drug-likeness (QED) is 0.752. The second-order valence-corrected chi connectivity index (χ2v) is 7.78. The number of hydrogen-bond acceptors (Lipinski definition) is 3. The summed E-state index contributed by atoms with van der Waals surface area (Å²) in [7, 11) is -3.69. The molecule has 0 N–H and O–H groups in total. The van der Waals surface area contributed by atoms with Crippen LogP contribution in [0.1, 0.15) is 15.9 Å². The van der Waals surface area contributed by atoms with Crippen LogP contribution in [0.25, 0.3) is 0 Å². The SMILES string of the molecule is O=C(c1ccc(Cl)cc1)N1c2ccc(Br)cc2CS1(=O)=O. The number of nitrogens with zero attached hydrogens (tertiary/aromatic N) is 1. The van der Waals surface area contributed by atoms with E-state index >= 15 is 0 Å². The number of rotatable bonds is 1. The molecule has 1 heterocycles. The van der Waals surface area contributed by atoms with Crippen LogP contribution in [0.4, 0.5) is 5.69 Å². The Morgan fingerprint density at radius 2 is 1.81 bits per heavy atom. The highest BCUT2D eigenvalue weighted by atomic mass is 79.9. The first-order valence-corrected chi connectivity index (χ1v) is 8.78. The summed E-state index contributed by atoms with van der Waals surface area (Å²) >= 11 is 9.08. The van der Waals surface area contributed by atoms with E-state index < -0.39 is 15.9 Å². The fourth-order valence-electron chi connectivity index (χ4n) is 2.22. The van der Waals surface area contributed by atoms with E-state index in [0.717, 1.165) is 8.78 Å². The van der Waals surface area contributed by atoms with Crippen molar-refractivity contribution in [3.8, 4) is 0 Å². The summed E-state index contributed by atoms with van der Waals surface area (Å²) in [6.07, 6.45) is 0. The van der Waals surface area contributed by atoms with Crippen LogP contribution >= 0.6 is 27.5 Å². The van der Waals surface area contributed by atoms with Crippen molar-refractivity contribution >= 4 is 49.1 Å². The topological polar surface area (TPSA) is 54.5 Å². The Kier molecular flexibility index (Phi) is 3.55. The number of carbonyl (C=O) groups is 1. The zero-order valence-electron chi connectivity index (χ0n) is 10.6. The molecule has 0 saturated heterocycles. The van der Waals surface area contributed by atoms with Gasteiger partial charge in [0.2, 0.25) is 10.0 Å². The van der Waals surface area contributed by atoms with Crippen LogP contribution in [-0.4, -0.2) is 14.3 Å². The fourth-order valence-corrected chi connectivity index (χ4v) is 4.35. The van der Waals surface area contributed by atoms with Crippen LogP contribution in [0.5, 0.6) is 0 Å². The molecule has 1 amide bonds. The smallest absolute Gasteiger partial charge is 0.268 e. The summed E-state index contributed by atoms with van der Waals surface area (Å²) in [5, 5.41) is 0.486. The molecule has 0 spiro atoms. The fraction of sp³-hybridized carbons (Fsp3) is 0.0714. The third-order valence-electron chi connectivity index (χ3n) is 3.15. The molecule has 0 fully saturated rings. The number of anilines is 1. The van der Waals surface area contributed by atoms with Crippen molar-refractivity contribution in [2.24, 2.45) is 0 Å². The Balaban J connectivity index is 2.09. The molecule has 2 aromatic rings. The van der Waals surface area contributed by atoms with E-state index in [2.05, 4.69) is 15.9 Å². The predicted molar refractivity (Wildman–Crippen MR) is 85.0 cm³/mol. The Bertz CT molecular complexity index is 834. The van der Waals surface area contributed by atoms with Gasteiger partial charge in [0.1, 0.15) is 0 Å². The second-order valence-electron chi connectivity index (χ2n) is 4.61. The van der Waals surface area contributed by atoms with Crippen molar-refractivity contribution in [3.63, 3.8) is 0 Å². The number of hydrogen-bond donors (Lipinski definition) is 0. The van der Waals surface area contributed by atoms with E-state index in [4.69, 9.17) is 11.6 Å². The number of carbonyl (C=O) groups excluding carboxylic acids is 1. The molecule has 3 rings (SSSR count). The standard InChI is InChI=1S/C14H9BrClNO3S/c15-11-3-6-13-10(7-11)8-21(19,20)17(13)14(18)9-1-4-12(16)5-2-9/h1-7H,8H2. The van der Waals surface area contributed by atoms with Gasteiger partial charge in [0.25, 0.3) is 5.91 Å². The van der Waals surface area contributed by atoms with Gasteiger partial charge >= 0.3 is 0 Å². The van der Waals surface area contributed by atoms with Crippen molar-refractivity contribution in [3.05, 3.63) is 63.1 Å². The second kappa shape index (κ2) is 5.12. The van der Waals surface area contributed by atoms with Gasteiger partial charge in [0.15, 0.2) is 0 Å². The van der Waals surface area contributed by atoms with Gasteiger partial charge in [-0.2, -0.15) is 0 Å². The molecule has 0 aliphatic carbocycles. The Labute approximate surface area is 135 Å². The first kappa shape index (κ1) is 14.6. The number of benzene rings is 2. The van der Waals surface area contributed by atoms with E-state index in [0.29, 0.717) is 16.3 Å². The molecule has 7 heteroatoms. The lowest BCUT2D eigenvalue weighted by atomic mass is 10.1. The van der Waals surface area contributed by atoms with Crippen LogP contribution in [0, 0.1) is 0 Å². The van der Waals surface area contributed by atoms with Crippen LogP contribution in [0.15, 0.2) is 46.9 Å². The Morgan fingerprint density at radius 3 is 2.48 bits per heavy atom. The zero-order valence-corrected chi connectivity index (χ0v) is 13.7. The summed E-state index contributed by atoms with van der Waals surface area (Å²) in [4.78, 5) is 12.5. The molecule has 0 aromatic heterocycles. The lowest BCUT2D eigenvalue weighted by Crippen LogP contribution is -2.33. The van der Waals surface area contributed by atoms with Gasteiger partial charge in [-0.1, -0.05) is 27.5 Å². The van der Waals surface area contributed by atoms with E-state index in [9.17, 15) is 13.2 Å². The number of fused-ring (bicyclic) bond motifs is 1. The van der Waals surface area contributed by atoms with Crippen LogP contribution in [0.3, 0.4) is 0 Å². The lowest BCUT2D eigenvalue weighted by molar-refractivity contribution is 0.101. The molecule has 0 radical (unpaired) electrons. The van der Waals surface area contributed by atoms with Crippen molar-refractivity contribution < 1.29 is 13.2 Å². The summed E-state index contributed by atoms with van der Waals surface area (Å²) < 4.78 is 26.2. The van der Waals surface area contributed by atoms with Gasteiger partial charge in [-0.15, -0.1) is 0 Å². The summed E-state index contributed by atoms with van der Waals surface area (Å²) in [6.45, 7) is 0. The molecular weight excluding hydrogens is 378 g/mol. The molecule has 0 bridgehead atoms. The Hall–Kier alpha value is -1.37. The van der Waals surface area contributed by atoms with Gasteiger partial charge in [0.05, 0.1) is 11.4 Å². The normalized spacial score (nSPS) is 15.8. The van der Waals surface area contributed by atoms with Crippen molar-refractivity contribution in [2.75, 3.05) is 4.31 Å². The van der Waals surface area contributed by atoms with E-state index in [-0.39, 0.29) is 11.3 Å². The third-order valence-corrected chi connectivity index (χ3v) is 5.49. The number of halogens is 2. The molecule has 0 atom stereocenters. The van der Waals surface area contributed by atoms with Gasteiger partial charge in [-0.3, -0.25) is 4.79 Å². The molecule has 4 nitrogen and oxygen atoms in total. The van der Waals surface area contributed by atoms with Gasteiger partial charge in [0, 0.05) is 15.1 Å². The van der Waals surface area contributed by atoms with Gasteiger partial charge < -0.3 is 0 Å². The monoisotopic (exact) mass is 385 g/mol. The first-order chi connectivity index (χ1) is 9.88. The maximum atomic E-state index is 12.5. The molecule has 1 aliphatic rings. The molecule has 1 aliphatic heterocycles. The van der Waals surface area contributed by atoms with Gasteiger partial charge in [-0.05, 0) is 48.0 Å². The third kappa shape index (κ3) is 2.59. The maximum absolute atomic E-state index is 12.5. The van der Waals surface area contributed by atoms with Crippen molar-refractivity contribution in [2.45, 2.75) is 5.75 Å². The average molecular weight is 387 g/mol. The largest absolute Gasteiger partial charge is 0.272 e. The minimum Gasteiger partial charge on any atom is -0.268 e. The van der Waals surface area contributed by atoms with Crippen molar-refractivity contribution in [1.29, 1.82) is 0 Å². The molecule has 21 heavy (non-hydrogen) atoms. The minimum atomic E-state index is -3.69. The van der Waals surface area contributed by atoms with Crippen LogP contribution in [-0.2, 0) is 15.8 Å². The number of amides is 1. The van der Waals surface area contributed by atoms with Crippen LogP contribution in [0.2, 0.25) is 5.02 Å². The lowest BCUT2D eigenvalue weighted by Gasteiger charge is -2.16. The molecule has 0 unspecified atom stereocenters. The average Bonchev–Trinajstić information content (AvgIpc) is 2.67. The van der Waals surface area contributed by atoms with Gasteiger partial charge in [-0.25, -0.2) is 12.7 Å². The molecular formula is C14H9BrClNO3S. The van der Waals surface area contributed by atoms with E-state index in [1.165, 1.54) is 12.1 Å². The molecule has 0 saturated carbocycles. The summed E-state index contributed by atoms with van der Waals surface area (Å²) in [5.41, 5.74) is 1.28. The zero-order chi connectivity index (χ0) is 15.2.